The highest BCUT2D eigenvalue weighted by Gasteiger charge is 2.32. The van der Waals surface area contributed by atoms with E-state index in [2.05, 4.69) is 36.2 Å². The number of amides is 1. The van der Waals surface area contributed by atoms with Crippen molar-refractivity contribution in [2.75, 3.05) is 18.0 Å². The maximum atomic E-state index is 11.8. The van der Waals surface area contributed by atoms with Gasteiger partial charge in [0.1, 0.15) is 6.04 Å². The summed E-state index contributed by atoms with van der Waals surface area (Å²) in [5.41, 5.74) is 7.99. The quantitative estimate of drug-likeness (QED) is 0.788. The van der Waals surface area contributed by atoms with E-state index in [1.54, 1.807) is 0 Å². The number of rotatable bonds is 2. The molecule has 2 unspecified atom stereocenters. The number of piperazine rings is 1. The average Bonchev–Trinajstić information content (AvgIpc) is 2.33. The van der Waals surface area contributed by atoms with Crippen LogP contribution in [0.3, 0.4) is 0 Å². The first-order valence-corrected chi connectivity index (χ1v) is 5.96. The molecule has 1 saturated heterocycles. The molecule has 0 aliphatic carbocycles. The highest BCUT2D eigenvalue weighted by Crippen LogP contribution is 2.22. The third-order valence-corrected chi connectivity index (χ3v) is 3.24. The topological polar surface area (TPSA) is 58.4 Å². The monoisotopic (exact) mass is 233 g/mol. The highest BCUT2D eigenvalue weighted by atomic mass is 16.2. The van der Waals surface area contributed by atoms with Crippen LogP contribution in [0.5, 0.6) is 0 Å². The van der Waals surface area contributed by atoms with Gasteiger partial charge in [-0.15, -0.1) is 0 Å². The fraction of sp³-hybridized carbons (Fsp3) is 0.462. The van der Waals surface area contributed by atoms with Gasteiger partial charge in [0.15, 0.2) is 0 Å². The van der Waals surface area contributed by atoms with Crippen LogP contribution in [-0.2, 0) is 4.79 Å². The van der Waals surface area contributed by atoms with Crippen molar-refractivity contribution >= 4 is 11.6 Å². The van der Waals surface area contributed by atoms with Gasteiger partial charge < -0.3 is 16.0 Å². The summed E-state index contributed by atoms with van der Waals surface area (Å²) in [6, 6.07) is 8.22. The second kappa shape index (κ2) is 4.75. The number of anilines is 1. The number of aryl methyl sites for hydroxylation is 1. The Labute approximate surface area is 102 Å². The number of carbonyl (C=O) groups excluding carboxylic acids is 1. The summed E-state index contributed by atoms with van der Waals surface area (Å²) in [4.78, 5) is 13.9. The van der Waals surface area contributed by atoms with Gasteiger partial charge in [0, 0.05) is 24.8 Å². The molecule has 2 rings (SSSR count). The summed E-state index contributed by atoms with van der Waals surface area (Å²) in [5, 5.41) is 2.88. The molecule has 1 aliphatic rings. The summed E-state index contributed by atoms with van der Waals surface area (Å²) >= 11 is 0. The maximum Gasteiger partial charge on any atom is 0.244 e. The van der Waals surface area contributed by atoms with Crippen LogP contribution in [0.1, 0.15) is 12.5 Å². The van der Waals surface area contributed by atoms with Crippen LogP contribution in [-0.4, -0.2) is 31.1 Å². The van der Waals surface area contributed by atoms with E-state index in [1.807, 2.05) is 12.1 Å². The fourth-order valence-corrected chi connectivity index (χ4v) is 2.27. The SMILES string of the molecule is Cc1ccc(N2C(C)CNC(=O)C2CN)cc1. The van der Waals surface area contributed by atoms with Gasteiger partial charge in [-0.25, -0.2) is 0 Å². The van der Waals surface area contributed by atoms with Crippen LogP contribution in [0.2, 0.25) is 0 Å². The van der Waals surface area contributed by atoms with Gasteiger partial charge >= 0.3 is 0 Å². The summed E-state index contributed by atoms with van der Waals surface area (Å²) < 4.78 is 0. The van der Waals surface area contributed by atoms with Gasteiger partial charge in [0.2, 0.25) is 5.91 Å². The smallest absolute Gasteiger partial charge is 0.244 e. The van der Waals surface area contributed by atoms with Crippen LogP contribution >= 0.6 is 0 Å². The van der Waals surface area contributed by atoms with Crippen molar-refractivity contribution in [2.45, 2.75) is 25.9 Å². The first kappa shape index (κ1) is 11.9. The molecule has 0 bridgehead atoms. The summed E-state index contributed by atoms with van der Waals surface area (Å²) in [6.07, 6.45) is 0. The molecule has 1 aliphatic heterocycles. The number of hydrogen-bond donors (Lipinski definition) is 2. The number of carbonyl (C=O) groups is 1. The lowest BCUT2D eigenvalue weighted by Crippen LogP contribution is -2.62. The lowest BCUT2D eigenvalue weighted by Gasteiger charge is -2.41. The van der Waals surface area contributed by atoms with Crippen molar-refractivity contribution in [3.63, 3.8) is 0 Å². The lowest BCUT2D eigenvalue weighted by atomic mass is 10.1. The summed E-state index contributed by atoms with van der Waals surface area (Å²) in [6.45, 7) is 5.16. The van der Waals surface area contributed by atoms with E-state index in [9.17, 15) is 4.79 Å². The minimum Gasteiger partial charge on any atom is -0.354 e. The zero-order valence-electron chi connectivity index (χ0n) is 10.3. The molecule has 1 amide bonds. The molecule has 0 aromatic heterocycles. The first-order valence-electron chi connectivity index (χ1n) is 5.96. The average molecular weight is 233 g/mol. The zero-order chi connectivity index (χ0) is 12.4. The number of nitrogens with two attached hydrogens (primary N) is 1. The van der Waals surface area contributed by atoms with Gasteiger partial charge in [-0.05, 0) is 26.0 Å². The standard InChI is InChI=1S/C13H19N3O/c1-9-3-5-11(6-4-9)16-10(2)8-15-13(17)12(16)7-14/h3-6,10,12H,7-8,14H2,1-2H3,(H,15,17). The third kappa shape index (κ3) is 2.26. The molecule has 4 nitrogen and oxygen atoms in total. The molecule has 1 fully saturated rings. The Balaban J connectivity index is 2.32. The number of benzene rings is 1. The molecule has 3 N–H and O–H groups in total. The van der Waals surface area contributed by atoms with Crippen LogP contribution in [0.15, 0.2) is 24.3 Å². The van der Waals surface area contributed by atoms with Crippen LogP contribution in [0.4, 0.5) is 5.69 Å². The van der Waals surface area contributed by atoms with Gasteiger partial charge in [0.25, 0.3) is 0 Å². The second-order valence-electron chi connectivity index (χ2n) is 4.59. The number of nitrogens with one attached hydrogen (secondary N) is 1. The Morgan fingerprint density at radius 1 is 1.41 bits per heavy atom. The molecule has 0 spiro atoms. The van der Waals surface area contributed by atoms with Crippen LogP contribution in [0.25, 0.3) is 0 Å². The molecule has 4 heteroatoms. The van der Waals surface area contributed by atoms with Crippen molar-refractivity contribution in [2.24, 2.45) is 5.73 Å². The van der Waals surface area contributed by atoms with E-state index in [1.165, 1.54) is 5.56 Å². The Morgan fingerprint density at radius 3 is 2.65 bits per heavy atom. The van der Waals surface area contributed by atoms with E-state index in [0.717, 1.165) is 5.69 Å². The molecule has 92 valence electrons. The van der Waals surface area contributed by atoms with Gasteiger partial charge in [-0.1, -0.05) is 17.7 Å². The Bertz CT molecular complexity index is 402. The minimum atomic E-state index is -0.263. The van der Waals surface area contributed by atoms with E-state index in [0.29, 0.717) is 13.1 Å². The Kier molecular flexibility index (Phi) is 3.33. The predicted molar refractivity (Wildman–Crippen MR) is 69.0 cm³/mol. The van der Waals surface area contributed by atoms with E-state index in [-0.39, 0.29) is 18.0 Å². The Hall–Kier alpha value is -1.55. The van der Waals surface area contributed by atoms with Crippen LogP contribution < -0.4 is 16.0 Å². The molecule has 17 heavy (non-hydrogen) atoms. The molecular formula is C13H19N3O. The van der Waals surface area contributed by atoms with Crippen molar-refractivity contribution in [1.82, 2.24) is 5.32 Å². The molecule has 0 saturated carbocycles. The minimum absolute atomic E-state index is 0.0196. The first-order chi connectivity index (χ1) is 8.13. The molecule has 1 heterocycles. The second-order valence-corrected chi connectivity index (χ2v) is 4.59. The van der Waals surface area contributed by atoms with Gasteiger partial charge in [-0.3, -0.25) is 4.79 Å². The van der Waals surface area contributed by atoms with Crippen molar-refractivity contribution in [3.8, 4) is 0 Å². The largest absolute Gasteiger partial charge is 0.354 e. The van der Waals surface area contributed by atoms with E-state index >= 15 is 0 Å². The Morgan fingerprint density at radius 2 is 2.06 bits per heavy atom. The number of hydrogen-bond acceptors (Lipinski definition) is 3. The molecular weight excluding hydrogens is 214 g/mol. The number of nitrogens with zero attached hydrogens (tertiary/aromatic N) is 1. The molecule has 0 radical (unpaired) electrons. The molecule has 1 aromatic rings. The molecule has 1 aromatic carbocycles. The van der Waals surface area contributed by atoms with Crippen molar-refractivity contribution < 1.29 is 4.79 Å². The van der Waals surface area contributed by atoms with Crippen molar-refractivity contribution in [1.29, 1.82) is 0 Å². The van der Waals surface area contributed by atoms with Crippen LogP contribution in [0, 0.1) is 6.92 Å². The van der Waals surface area contributed by atoms with Crippen molar-refractivity contribution in [3.05, 3.63) is 29.8 Å². The summed E-state index contributed by atoms with van der Waals surface area (Å²) in [7, 11) is 0. The zero-order valence-corrected chi connectivity index (χ0v) is 10.3. The molecule has 2 atom stereocenters. The highest BCUT2D eigenvalue weighted by molar-refractivity contribution is 5.87. The van der Waals surface area contributed by atoms with E-state index in [4.69, 9.17) is 5.73 Å². The fourth-order valence-electron chi connectivity index (χ4n) is 2.27. The normalized spacial score (nSPS) is 24.6. The third-order valence-electron chi connectivity index (χ3n) is 3.24. The van der Waals surface area contributed by atoms with E-state index < -0.39 is 0 Å². The summed E-state index contributed by atoms with van der Waals surface area (Å²) in [5.74, 6) is 0.0196. The van der Waals surface area contributed by atoms with Gasteiger partial charge in [0.05, 0.1) is 0 Å². The predicted octanol–water partition coefficient (Wildman–Crippen LogP) is 0.647. The van der Waals surface area contributed by atoms with Gasteiger partial charge in [-0.2, -0.15) is 0 Å². The lowest BCUT2D eigenvalue weighted by molar-refractivity contribution is -0.123. The maximum absolute atomic E-state index is 11.8.